The summed E-state index contributed by atoms with van der Waals surface area (Å²) >= 11 is 5.82. The average Bonchev–Trinajstić information content (AvgIpc) is 2.79. The van der Waals surface area contributed by atoms with E-state index in [0.29, 0.717) is 29.2 Å². The van der Waals surface area contributed by atoms with E-state index in [1.165, 1.54) is 18.2 Å². The van der Waals surface area contributed by atoms with Gasteiger partial charge >= 0.3 is 0 Å². The standard InChI is InChI=1S/C16H13ClF2N2/c1-10-9-11(18)5-6-13(10)21-14-4-2-3-12(19)16(14)20-15(21)7-8-17/h2-6,9H,7-8H2,1H3. The minimum atomic E-state index is -0.373. The van der Waals surface area contributed by atoms with Crippen molar-refractivity contribution in [2.24, 2.45) is 0 Å². The van der Waals surface area contributed by atoms with Gasteiger partial charge in [-0.05, 0) is 42.8 Å². The van der Waals surface area contributed by atoms with Crippen molar-refractivity contribution >= 4 is 22.6 Å². The Bertz CT molecular complexity index is 811. The third-order valence-electron chi connectivity index (χ3n) is 3.42. The number of imidazole rings is 1. The van der Waals surface area contributed by atoms with Crippen molar-refractivity contribution in [2.45, 2.75) is 13.3 Å². The Morgan fingerprint density at radius 1 is 1.19 bits per heavy atom. The molecule has 0 bridgehead atoms. The zero-order valence-corrected chi connectivity index (χ0v) is 12.2. The number of hydrogen-bond donors (Lipinski definition) is 0. The fraction of sp³-hybridized carbons (Fsp3) is 0.188. The Morgan fingerprint density at radius 2 is 2.00 bits per heavy atom. The van der Waals surface area contributed by atoms with Gasteiger partial charge in [-0.3, -0.25) is 4.57 Å². The number of aromatic nitrogens is 2. The van der Waals surface area contributed by atoms with Crippen LogP contribution in [0.15, 0.2) is 36.4 Å². The normalized spacial score (nSPS) is 11.2. The number of para-hydroxylation sites is 1. The summed E-state index contributed by atoms with van der Waals surface area (Å²) in [5, 5.41) is 0. The predicted octanol–water partition coefficient (Wildman–Crippen LogP) is 4.39. The fourth-order valence-corrected chi connectivity index (χ4v) is 2.67. The number of aryl methyl sites for hydroxylation is 2. The molecule has 0 spiro atoms. The first kappa shape index (κ1) is 14.0. The van der Waals surface area contributed by atoms with E-state index in [-0.39, 0.29) is 11.6 Å². The molecule has 0 saturated carbocycles. The SMILES string of the molecule is Cc1cc(F)ccc1-n1c(CCCl)nc2c(F)cccc21. The first-order valence-electron chi connectivity index (χ1n) is 6.60. The van der Waals surface area contributed by atoms with Crippen molar-refractivity contribution in [2.75, 3.05) is 5.88 Å². The molecule has 0 unspecified atom stereocenters. The molecule has 0 aliphatic heterocycles. The lowest BCUT2D eigenvalue weighted by molar-refractivity contribution is 0.626. The number of fused-ring (bicyclic) bond motifs is 1. The second kappa shape index (κ2) is 5.45. The van der Waals surface area contributed by atoms with Gasteiger partial charge in [0.05, 0.1) is 11.2 Å². The maximum Gasteiger partial charge on any atom is 0.151 e. The van der Waals surface area contributed by atoms with Crippen molar-refractivity contribution in [3.05, 3.63) is 59.4 Å². The van der Waals surface area contributed by atoms with Crippen molar-refractivity contribution in [1.82, 2.24) is 9.55 Å². The van der Waals surface area contributed by atoms with E-state index < -0.39 is 0 Å². The van der Waals surface area contributed by atoms with E-state index in [0.717, 1.165) is 11.3 Å². The van der Waals surface area contributed by atoms with Crippen LogP contribution in [0.25, 0.3) is 16.7 Å². The molecule has 5 heteroatoms. The van der Waals surface area contributed by atoms with Gasteiger partial charge in [-0.25, -0.2) is 13.8 Å². The molecule has 2 aromatic carbocycles. The molecule has 1 heterocycles. The maximum absolute atomic E-state index is 13.9. The molecule has 1 aromatic heterocycles. The van der Waals surface area contributed by atoms with Crippen LogP contribution in [0.4, 0.5) is 8.78 Å². The van der Waals surface area contributed by atoms with Gasteiger partial charge in [-0.15, -0.1) is 11.6 Å². The lowest BCUT2D eigenvalue weighted by atomic mass is 10.2. The highest BCUT2D eigenvalue weighted by Gasteiger charge is 2.16. The quantitative estimate of drug-likeness (QED) is 0.656. The van der Waals surface area contributed by atoms with Crippen molar-refractivity contribution in [3.63, 3.8) is 0 Å². The van der Waals surface area contributed by atoms with Gasteiger partial charge in [-0.1, -0.05) is 6.07 Å². The van der Waals surface area contributed by atoms with Crippen LogP contribution in [0, 0.1) is 18.6 Å². The molecule has 0 atom stereocenters. The number of nitrogens with zero attached hydrogens (tertiary/aromatic N) is 2. The van der Waals surface area contributed by atoms with Crippen LogP contribution >= 0.6 is 11.6 Å². The van der Waals surface area contributed by atoms with Gasteiger partial charge in [0, 0.05) is 12.3 Å². The minimum absolute atomic E-state index is 0.300. The molecule has 2 nitrogen and oxygen atoms in total. The van der Waals surface area contributed by atoms with Gasteiger partial charge in [0.15, 0.2) is 5.82 Å². The van der Waals surface area contributed by atoms with Crippen molar-refractivity contribution < 1.29 is 8.78 Å². The summed E-state index contributed by atoms with van der Waals surface area (Å²) in [6.07, 6.45) is 0.506. The van der Waals surface area contributed by atoms with Crippen LogP contribution in [0.5, 0.6) is 0 Å². The molecule has 0 aliphatic rings. The highest BCUT2D eigenvalue weighted by atomic mass is 35.5. The molecule has 3 rings (SSSR count). The smallest absolute Gasteiger partial charge is 0.151 e. The van der Waals surface area contributed by atoms with Crippen molar-refractivity contribution in [1.29, 1.82) is 0 Å². The highest BCUT2D eigenvalue weighted by Crippen LogP contribution is 2.26. The Hall–Kier alpha value is -1.94. The molecule has 21 heavy (non-hydrogen) atoms. The van der Waals surface area contributed by atoms with E-state index in [4.69, 9.17) is 11.6 Å². The lowest BCUT2D eigenvalue weighted by Crippen LogP contribution is -2.04. The number of halogens is 3. The van der Waals surface area contributed by atoms with Gasteiger partial charge in [-0.2, -0.15) is 0 Å². The first-order chi connectivity index (χ1) is 10.1. The zero-order chi connectivity index (χ0) is 15.0. The zero-order valence-electron chi connectivity index (χ0n) is 11.4. The first-order valence-corrected chi connectivity index (χ1v) is 7.13. The van der Waals surface area contributed by atoms with Crippen LogP contribution in [-0.4, -0.2) is 15.4 Å². The lowest BCUT2D eigenvalue weighted by Gasteiger charge is -2.11. The van der Waals surface area contributed by atoms with Crippen LogP contribution in [-0.2, 0) is 6.42 Å². The Morgan fingerprint density at radius 3 is 2.71 bits per heavy atom. The Kier molecular flexibility index (Phi) is 3.64. The maximum atomic E-state index is 13.9. The molecule has 0 amide bonds. The third-order valence-corrected chi connectivity index (χ3v) is 3.61. The Balaban J connectivity index is 2.33. The number of alkyl halides is 1. The number of benzene rings is 2. The summed E-state index contributed by atoms with van der Waals surface area (Å²) in [5.41, 5.74) is 2.50. The summed E-state index contributed by atoms with van der Waals surface area (Å²) in [6, 6.07) is 9.32. The van der Waals surface area contributed by atoms with E-state index in [9.17, 15) is 8.78 Å². The molecular formula is C16H13ClF2N2. The fourth-order valence-electron chi connectivity index (χ4n) is 2.50. The van der Waals surface area contributed by atoms with E-state index >= 15 is 0 Å². The van der Waals surface area contributed by atoms with Crippen molar-refractivity contribution in [3.8, 4) is 5.69 Å². The summed E-state index contributed by atoms with van der Waals surface area (Å²) in [7, 11) is 0. The third kappa shape index (κ3) is 2.40. The molecule has 108 valence electrons. The molecular weight excluding hydrogens is 294 g/mol. The molecule has 3 aromatic rings. The van der Waals surface area contributed by atoms with Crippen LogP contribution in [0.1, 0.15) is 11.4 Å². The van der Waals surface area contributed by atoms with Gasteiger partial charge in [0.2, 0.25) is 0 Å². The van der Waals surface area contributed by atoms with Crippen LogP contribution in [0.3, 0.4) is 0 Å². The second-order valence-electron chi connectivity index (χ2n) is 4.84. The highest BCUT2D eigenvalue weighted by molar-refractivity contribution is 6.17. The van der Waals surface area contributed by atoms with E-state index in [1.807, 2.05) is 11.5 Å². The Labute approximate surface area is 126 Å². The van der Waals surface area contributed by atoms with Crippen LogP contribution in [0.2, 0.25) is 0 Å². The molecule has 0 radical (unpaired) electrons. The van der Waals surface area contributed by atoms with Gasteiger partial charge < -0.3 is 0 Å². The molecule has 0 fully saturated rings. The topological polar surface area (TPSA) is 17.8 Å². The molecule has 0 aliphatic carbocycles. The summed E-state index contributed by atoms with van der Waals surface area (Å²) < 4.78 is 29.1. The number of hydrogen-bond acceptors (Lipinski definition) is 1. The second-order valence-corrected chi connectivity index (χ2v) is 5.22. The van der Waals surface area contributed by atoms with E-state index in [2.05, 4.69) is 4.98 Å². The minimum Gasteiger partial charge on any atom is -0.296 e. The number of rotatable bonds is 3. The molecule has 0 saturated heterocycles. The van der Waals surface area contributed by atoms with E-state index in [1.54, 1.807) is 18.2 Å². The van der Waals surface area contributed by atoms with Crippen LogP contribution < -0.4 is 0 Å². The summed E-state index contributed by atoms with van der Waals surface area (Å²) in [5.74, 6) is 0.373. The summed E-state index contributed by atoms with van der Waals surface area (Å²) in [4.78, 5) is 4.35. The van der Waals surface area contributed by atoms with Gasteiger partial charge in [0.1, 0.15) is 17.2 Å². The monoisotopic (exact) mass is 306 g/mol. The average molecular weight is 307 g/mol. The predicted molar refractivity (Wildman–Crippen MR) is 80.1 cm³/mol. The molecule has 0 N–H and O–H groups in total. The summed E-state index contributed by atoms with van der Waals surface area (Å²) in [6.45, 7) is 1.81. The van der Waals surface area contributed by atoms with Gasteiger partial charge in [0.25, 0.3) is 0 Å². The largest absolute Gasteiger partial charge is 0.296 e.